The van der Waals surface area contributed by atoms with E-state index in [2.05, 4.69) is 28.4 Å². The Morgan fingerprint density at radius 2 is 1.54 bits per heavy atom. The molecule has 0 saturated carbocycles. The third-order valence-corrected chi connectivity index (χ3v) is 7.64. The first-order valence-corrected chi connectivity index (χ1v) is 12.6. The molecule has 1 saturated heterocycles. The summed E-state index contributed by atoms with van der Waals surface area (Å²) in [6, 6.07) is 24.5. The summed E-state index contributed by atoms with van der Waals surface area (Å²) < 4.78 is 0. The average molecular weight is 467 g/mol. The minimum absolute atomic E-state index is 0.00638. The zero-order valence-electron chi connectivity index (χ0n) is 19.8. The summed E-state index contributed by atoms with van der Waals surface area (Å²) in [6.07, 6.45) is 3.62. The molecule has 178 valence electrons. The van der Waals surface area contributed by atoms with Crippen LogP contribution in [0.1, 0.15) is 34.3 Å². The van der Waals surface area contributed by atoms with Gasteiger partial charge in [-0.05, 0) is 67.1 Å². The van der Waals surface area contributed by atoms with E-state index in [1.807, 2.05) is 64.4 Å². The number of rotatable bonds is 3. The van der Waals surface area contributed by atoms with Crippen molar-refractivity contribution < 1.29 is 9.59 Å². The molecule has 3 amide bonds. The molecular formula is C29H30N4O2. The average Bonchev–Trinajstić information content (AvgIpc) is 3.26. The second-order valence-electron chi connectivity index (χ2n) is 9.63. The summed E-state index contributed by atoms with van der Waals surface area (Å²) in [7, 11) is 0. The maximum absolute atomic E-state index is 13.3. The second-order valence-corrected chi connectivity index (χ2v) is 9.63. The Labute approximate surface area is 206 Å². The van der Waals surface area contributed by atoms with Crippen molar-refractivity contribution in [2.75, 3.05) is 41.3 Å². The lowest BCUT2D eigenvalue weighted by molar-refractivity contribution is 0.0989. The van der Waals surface area contributed by atoms with Gasteiger partial charge in [0, 0.05) is 54.8 Å². The Bertz CT molecular complexity index is 1260. The molecule has 3 aliphatic rings. The molecule has 1 fully saturated rings. The molecule has 0 aliphatic carbocycles. The van der Waals surface area contributed by atoms with Crippen molar-refractivity contribution in [2.45, 2.75) is 31.7 Å². The molecule has 6 heteroatoms. The molecule has 3 heterocycles. The highest BCUT2D eigenvalue weighted by Crippen LogP contribution is 2.31. The van der Waals surface area contributed by atoms with Gasteiger partial charge in [-0.1, -0.05) is 42.5 Å². The Kier molecular flexibility index (Phi) is 5.64. The lowest BCUT2D eigenvalue weighted by atomic mass is 10.0. The molecule has 3 aromatic carbocycles. The zero-order valence-corrected chi connectivity index (χ0v) is 19.8. The Balaban J connectivity index is 1.12. The fourth-order valence-electron chi connectivity index (χ4n) is 5.71. The van der Waals surface area contributed by atoms with E-state index >= 15 is 0 Å². The Morgan fingerprint density at radius 1 is 0.800 bits per heavy atom. The van der Waals surface area contributed by atoms with Crippen molar-refractivity contribution in [1.82, 2.24) is 4.90 Å². The van der Waals surface area contributed by atoms with Crippen molar-refractivity contribution in [2.24, 2.45) is 0 Å². The van der Waals surface area contributed by atoms with Crippen molar-refractivity contribution in [3.8, 4) is 0 Å². The van der Waals surface area contributed by atoms with Crippen LogP contribution < -0.4 is 15.1 Å². The van der Waals surface area contributed by atoms with Crippen LogP contribution in [0.2, 0.25) is 0 Å². The van der Waals surface area contributed by atoms with Crippen LogP contribution in [0.5, 0.6) is 0 Å². The predicted molar refractivity (Wildman–Crippen MR) is 139 cm³/mol. The molecule has 0 aromatic heterocycles. The minimum Gasteiger partial charge on any atom is -0.371 e. The number of nitrogens with zero attached hydrogens (tertiary/aromatic N) is 3. The van der Waals surface area contributed by atoms with Gasteiger partial charge in [-0.25, -0.2) is 4.79 Å². The standard InChI is InChI=1S/C29H30N4O2/c34-28(33-19-13-22-7-2-4-11-27(22)33)23-8-5-9-25(20-23)31-16-14-24(15-17-31)32-18-12-21-6-1-3-10-26(21)30-29(32)35/h1-11,20,24H,12-19H2,(H,30,35). The summed E-state index contributed by atoms with van der Waals surface area (Å²) >= 11 is 0. The van der Waals surface area contributed by atoms with E-state index in [0.29, 0.717) is 0 Å². The number of anilines is 3. The quantitative estimate of drug-likeness (QED) is 0.594. The van der Waals surface area contributed by atoms with Crippen molar-refractivity contribution in [1.29, 1.82) is 0 Å². The molecule has 3 aromatic rings. The van der Waals surface area contributed by atoms with Gasteiger partial charge in [0.1, 0.15) is 0 Å². The van der Waals surface area contributed by atoms with E-state index in [0.717, 1.165) is 74.5 Å². The summed E-state index contributed by atoms with van der Waals surface area (Å²) in [4.78, 5) is 32.5. The zero-order chi connectivity index (χ0) is 23.8. The summed E-state index contributed by atoms with van der Waals surface area (Å²) in [6.45, 7) is 3.21. The number of amides is 3. The van der Waals surface area contributed by atoms with Crippen molar-refractivity contribution in [3.05, 3.63) is 89.5 Å². The molecule has 0 unspecified atom stereocenters. The first-order chi connectivity index (χ1) is 17.2. The number of hydrogen-bond donors (Lipinski definition) is 1. The van der Waals surface area contributed by atoms with Gasteiger partial charge in [-0.2, -0.15) is 0 Å². The van der Waals surface area contributed by atoms with Gasteiger partial charge in [0.05, 0.1) is 0 Å². The number of carbonyl (C=O) groups excluding carboxylic acids is 2. The van der Waals surface area contributed by atoms with E-state index < -0.39 is 0 Å². The van der Waals surface area contributed by atoms with Crippen LogP contribution in [-0.4, -0.2) is 49.1 Å². The second kappa shape index (κ2) is 9.10. The molecular weight excluding hydrogens is 436 g/mol. The molecule has 3 aliphatic heterocycles. The van der Waals surface area contributed by atoms with Gasteiger partial charge in [0.2, 0.25) is 0 Å². The van der Waals surface area contributed by atoms with E-state index in [4.69, 9.17) is 0 Å². The van der Waals surface area contributed by atoms with Crippen LogP contribution in [0.3, 0.4) is 0 Å². The number of carbonyl (C=O) groups is 2. The van der Waals surface area contributed by atoms with Crippen LogP contribution in [0.15, 0.2) is 72.8 Å². The van der Waals surface area contributed by atoms with Gasteiger partial charge < -0.3 is 20.0 Å². The number of fused-ring (bicyclic) bond motifs is 2. The molecule has 6 rings (SSSR count). The molecule has 0 atom stereocenters. The first-order valence-electron chi connectivity index (χ1n) is 12.6. The van der Waals surface area contributed by atoms with Crippen LogP contribution in [0.4, 0.5) is 21.9 Å². The van der Waals surface area contributed by atoms with E-state index in [-0.39, 0.29) is 18.0 Å². The summed E-state index contributed by atoms with van der Waals surface area (Å²) in [5.74, 6) is 0.0625. The Hall–Kier alpha value is -3.80. The molecule has 0 bridgehead atoms. The smallest absolute Gasteiger partial charge is 0.322 e. The minimum atomic E-state index is 0.00638. The maximum atomic E-state index is 13.3. The maximum Gasteiger partial charge on any atom is 0.322 e. The number of hydrogen-bond acceptors (Lipinski definition) is 3. The number of urea groups is 1. The van der Waals surface area contributed by atoms with Crippen molar-refractivity contribution in [3.63, 3.8) is 0 Å². The van der Waals surface area contributed by atoms with Crippen molar-refractivity contribution >= 4 is 29.0 Å². The van der Waals surface area contributed by atoms with Crippen LogP contribution in [0, 0.1) is 0 Å². The third-order valence-electron chi connectivity index (χ3n) is 7.64. The SMILES string of the molecule is O=C(c1cccc(N2CCC(N3CCc4ccccc4NC3=O)CC2)c1)N1CCc2ccccc21. The highest BCUT2D eigenvalue weighted by Gasteiger charge is 2.31. The van der Waals surface area contributed by atoms with Gasteiger partial charge >= 0.3 is 6.03 Å². The van der Waals surface area contributed by atoms with Crippen LogP contribution in [-0.2, 0) is 12.8 Å². The fourth-order valence-corrected chi connectivity index (χ4v) is 5.71. The normalized spacial score (nSPS) is 18.1. The summed E-state index contributed by atoms with van der Waals surface area (Å²) in [5.41, 5.74) is 6.20. The van der Waals surface area contributed by atoms with E-state index in [1.54, 1.807) is 0 Å². The number of piperidine rings is 1. The molecule has 0 spiro atoms. The highest BCUT2D eigenvalue weighted by atomic mass is 16.2. The monoisotopic (exact) mass is 466 g/mol. The molecule has 35 heavy (non-hydrogen) atoms. The fraction of sp³-hybridized carbons (Fsp3) is 0.310. The van der Waals surface area contributed by atoms with Gasteiger partial charge in [0.15, 0.2) is 0 Å². The predicted octanol–water partition coefficient (Wildman–Crippen LogP) is 4.95. The lowest BCUT2D eigenvalue weighted by Gasteiger charge is -2.39. The van der Waals surface area contributed by atoms with Crippen LogP contribution in [0.25, 0.3) is 0 Å². The van der Waals surface area contributed by atoms with Crippen LogP contribution >= 0.6 is 0 Å². The number of nitrogens with one attached hydrogen (secondary N) is 1. The van der Waals surface area contributed by atoms with E-state index in [1.165, 1.54) is 11.1 Å². The molecule has 6 nitrogen and oxygen atoms in total. The third kappa shape index (κ3) is 4.14. The first kappa shape index (κ1) is 21.7. The highest BCUT2D eigenvalue weighted by molar-refractivity contribution is 6.07. The number of benzene rings is 3. The topological polar surface area (TPSA) is 55.9 Å². The lowest BCUT2D eigenvalue weighted by Crippen LogP contribution is -2.49. The Morgan fingerprint density at radius 3 is 2.40 bits per heavy atom. The van der Waals surface area contributed by atoms with Gasteiger partial charge in [-0.15, -0.1) is 0 Å². The molecule has 1 N–H and O–H groups in total. The largest absolute Gasteiger partial charge is 0.371 e. The molecule has 0 radical (unpaired) electrons. The van der Waals surface area contributed by atoms with Gasteiger partial charge in [-0.3, -0.25) is 4.79 Å². The number of para-hydroxylation sites is 2. The summed E-state index contributed by atoms with van der Waals surface area (Å²) in [5, 5.41) is 3.10. The van der Waals surface area contributed by atoms with E-state index in [9.17, 15) is 9.59 Å². The van der Waals surface area contributed by atoms with Gasteiger partial charge in [0.25, 0.3) is 5.91 Å².